The molecule has 3 heteroatoms. The van der Waals surface area contributed by atoms with Gasteiger partial charge in [0, 0.05) is 17.6 Å². The van der Waals surface area contributed by atoms with Crippen LogP contribution in [0.5, 0.6) is 5.75 Å². The van der Waals surface area contributed by atoms with Crippen LogP contribution in [0.15, 0.2) is 18.2 Å². The topological polar surface area (TPSA) is 32.7 Å². The molecule has 0 spiro atoms. The Morgan fingerprint density at radius 1 is 1.24 bits per heavy atom. The van der Waals surface area contributed by atoms with Crippen LogP contribution in [-0.2, 0) is 6.42 Å². The summed E-state index contributed by atoms with van der Waals surface area (Å²) in [4.78, 5) is 2.53. The smallest absolute Gasteiger partial charge is 0.128 e. The van der Waals surface area contributed by atoms with Gasteiger partial charge in [-0.25, -0.2) is 0 Å². The van der Waals surface area contributed by atoms with E-state index in [1.165, 1.54) is 18.4 Å². The van der Waals surface area contributed by atoms with Gasteiger partial charge in [-0.2, -0.15) is 0 Å². The SMILES string of the molecule is CN1C2CCC1CC(C(O)c1cccc3c1OCCC3)C2. The molecule has 2 saturated heterocycles. The third-order valence-corrected chi connectivity index (χ3v) is 5.86. The third kappa shape index (κ3) is 2.27. The predicted molar refractivity (Wildman–Crippen MR) is 82.5 cm³/mol. The molecule has 0 aliphatic carbocycles. The van der Waals surface area contributed by atoms with E-state index in [1.807, 2.05) is 0 Å². The first-order valence-corrected chi connectivity index (χ1v) is 8.38. The molecule has 4 rings (SSSR count). The zero-order chi connectivity index (χ0) is 14.4. The second kappa shape index (κ2) is 5.29. The van der Waals surface area contributed by atoms with Crippen LogP contribution < -0.4 is 4.74 Å². The molecule has 3 aliphatic heterocycles. The van der Waals surface area contributed by atoms with E-state index >= 15 is 0 Å². The molecule has 0 amide bonds. The van der Waals surface area contributed by atoms with Gasteiger partial charge in [-0.3, -0.25) is 0 Å². The van der Waals surface area contributed by atoms with Crippen molar-refractivity contribution in [2.45, 2.75) is 56.7 Å². The Labute approximate surface area is 126 Å². The molecule has 114 valence electrons. The molecular formula is C18H25NO2. The Morgan fingerprint density at radius 3 is 2.76 bits per heavy atom. The highest BCUT2D eigenvalue weighted by Gasteiger charge is 2.41. The molecule has 0 saturated carbocycles. The maximum Gasteiger partial charge on any atom is 0.128 e. The highest BCUT2D eigenvalue weighted by molar-refractivity contribution is 5.44. The summed E-state index contributed by atoms with van der Waals surface area (Å²) in [6.45, 7) is 0.787. The van der Waals surface area contributed by atoms with Gasteiger partial charge in [0.25, 0.3) is 0 Å². The van der Waals surface area contributed by atoms with E-state index in [0.717, 1.165) is 43.6 Å². The first-order valence-electron chi connectivity index (χ1n) is 8.38. The van der Waals surface area contributed by atoms with Gasteiger partial charge in [-0.05, 0) is 57.1 Å². The normalized spacial score (nSPS) is 33.3. The standard InChI is InChI=1S/C18H25NO2/c1-19-14-7-8-15(19)11-13(10-14)17(20)16-6-2-4-12-5-3-9-21-18(12)16/h2,4,6,13-15,17,20H,3,5,7-11H2,1H3. The number of benzene rings is 1. The van der Waals surface area contributed by atoms with E-state index in [2.05, 4.69) is 30.1 Å². The molecule has 3 atom stereocenters. The summed E-state index contributed by atoms with van der Waals surface area (Å²) >= 11 is 0. The maximum absolute atomic E-state index is 11.0. The number of para-hydroxylation sites is 1. The van der Waals surface area contributed by atoms with Crippen molar-refractivity contribution in [3.8, 4) is 5.75 Å². The molecule has 2 bridgehead atoms. The van der Waals surface area contributed by atoms with Crippen molar-refractivity contribution in [1.29, 1.82) is 0 Å². The third-order valence-electron chi connectivity index (χ3n) is 5.86. The minimum absolute atomic E-state index is 0.366. The molecule has 0 aromatic heterocycles. The summed E-state index contributed by atoms with van der Waals surface area (Å²) in [6.07, 6.45) is 6.64. The van der Waals surface area contributed by atoms with Crippen molar-refractivity contribution in [1.82, 2.24) is 4.90 Å². The molecule has 1 aromatic rings. The highest BCUT2D eigenvalue weighted by atomic mass is 16.5. The summed E-state index contributed by atoms with van der Waals surface area (Å²) in [6, 6.07) is 7.63. The Bertz CT molecular complexity index is 516. The molecule has 1 aromatic carbocycles. The van der Waals surface area contributed by atoms with Crippen LogP contribution in [0.3, 0.4) is 0 Å². The van der Waals surface area contributed by atoms with Crippen molar-refractivity contribution in [2.75, 3.05) is 13.7 Å². The fourth-order valence-corrected chi connectivity index (χ4v) is 4.61. The van der Waals surface area contributed by atoms with E-state index in [4.69, 9.17) is 4.74 Å². The molecule has 3 nitrogen and oxygen atoms in total. The number of aliphatic hydroxyl groups is 1. The van der Waals surface area contributed by atoms with E-state index in [9.17, 15) is 5.11 Å². The molecule has 2 fully saturated rings. The molecule has 3 unspecified atom stereocenters. The molecular weight excluding hydrogens is 262 g/mol. The Hall–Kier alpha value is -1.06. The van der Waals surface area contributed by atoms with Crippen molar-refractivity contribution in [2.24, 2.45) is 5.92 Å². The first kappa shape index (κ1) is 13.6. The predicted octanol–water partition coefficient (Wildman–Crippen LogP) is 2.92. The van der Waals surface area contributed by atoms with Gasteiger partial charge in [-0.1, -0.05) is 18.2 Å². The first-order chi connectivity index (χ1) is 10.2. The fraction of sp³-hybridized carbons (Fsp3) is 0.667. The Kier molecular flexibility index (Phi) is 3.43. The van der Waals surface area contributed by atoms with Crippen molar-refractivity contribution < 1.29 is 9.84 Å². The van der Waals surface area contributed by atoms with Gasteiger partial charge < -0.3 is 14.7 Å². The monoisotopic (exact) mass is 287 g/mol. The van der Waals surface area contributed by atoms with Crippen molar-refractivity contribution in [3.05, 3.63) is 29.3 Å². The zero-order valence-corrected chi connectivity index (χ0v) is 12.8. The largest absolute Gasteiger partial charge is 0.493 e. The van der Waals surface area contributed by atoms with Gasteiger partial charge >= 0.3 is 0 Å². The minimum Gasteiger partial charge on any atom is -0.493 e. The van der Waals surface area contributed by atoms with E-state index in [1.54, 1.807) is 0 Å². The van der Waals surface area contributed by atoms with Gasteiger partial charge in [0.1, 0.15) is 5.75 Å². The number of nitrogens with zero attached hydrogens (tertiary/aromatic N) is 1. The van der Waals surface area contributed by atoms with Crippen molar-refractivity contribution in [3.63, 3.8) is 0 Å². The Balaban J connectivity index is 1.59. The molecule has 21 heavy (non-hydrogen) atoms. The van der Waals surface area contributed by atoms with Crippen LogP contribution >= 0.6 is 0 Å². The van der Waals surface area contributed by atoms with E-state index in [-0.39, 0.29) is 6.10 Å². The van der Waals surface area contributed by atoms with Gasteiger partial charge in [0.2, 0.25) is 0 Å². The lowest BCUT2D eigenvalue weighted by Gasteiger charge is -2.39. The van der Waals surface area contributed by atoms with Crippen LogP contribution in [0.2, 0.25) is 0 Å². The lowest BCUT2D eigenvalue weighted by molar-refractivity contribution is 0.0337. The molecule has 1 N–H and O–H groups in total. The average Bonchev–Trinajstić information content (AvgIpc) is 2.75. The summed E-state index contributed by atoms with van der Waals surface area (Å²) < 4.78 is 5.89. The summed E-state index contributed by atoms with van der Waals surface area (Å²) in [7, 11) is 2.25. The lowest BCUT2D eigenvalue weighted by atomic mass is 9.83. The number of piperidine rings is 1. The number of aliphatic hydroxyl groups excluding tert-OH is 1. The Morgan fingerprint density at radius 2 is 2.00 bits per heavy atom. The molecule has 3 heterocycles. The summed E-state index contributed by atoms with van der Waals surface area (Å²) in [5.74, 6) is 1.36. The van der Waals surface area contributed by atoms with Crippen LogP contribution in [-0.4, -0.2) is 35.7 Å². The number of hydrogen-bond acceptors (Lipinski definition) is 3. The highest BCUT2D eigenvalue weighted by Crippen LogP contribution is 2.45. The molecule has 0 radical (unpaired) electrons. The van der Waals surface area contributed by atoms with Gasteiger partial charge in [0.05, 0.1) is 12.7 Å². The van der Waals surface area contributed by atoms with Crippen LogP contribution in [0.4, 0.5) is 0 Å². The van der Waals surface area contributed by atoms with Gasteiger partial charge in [0.15, 0.2) is 0 Å². The number of fused-ring (bicyclic) bond motifs is 3. The minimum atomic E-state index is -0.366. The zero-order valence-electron chi connectivity index (χ0n) is 12.8. The second-order valence-corrected chi connectivity index (χ2v) is 7.01. The van der Waals surface area contributed by atoms with E-state index in [0.29, 0.717) is 18.0 Å². The fourth-order valence-electron chi connectivity index (χ4n) is 4.61. The quantitative estimate of drug-likeness (QED) is 0.908. The number of hydrogen-bond donors (Lipinski definition) is 1. The van der Waals surface area contributed by atoms with Crippen LogP contribution in [0.1, 0.15) is 49.3 Å². The molecule has 3 aliphatic rings. The van der Waals surface area contributed by atoms with Crippen LogP contribution in [0.25, 0.3) is 0 Å². The van der Waals surface area contributed by atoms with Gasteiger partial charge in [-0.15, -0.1) is 0 Å². The number of rotatable bonds is 2. The summed E-state index contributed by atoms with van der Waals surface area (Å²) in [5, 5.41) is 11.0. The average molecular weight is 287 g/mol. The van der Waals surface area contributed by atoms with E-state index < -0.39 is 0 Å². The maximum atomic E-state index is 11.0. The second-order valence-electron chi connectivity index (χ2n) is 7.01. The van der Waals surface area contributed by atoms with Crippen molar-refractivity contribution >= 4 is 0 Å². The number of aryl methyl sites for hydroxylation is 1. The number of ether oxygens (including phenoxy) is 1. The lowest BCUT2D eigenvalue weighted by Crippen LogP contribution is -2.41. The van der Waals surface area contributed by atoms with Crippen LogP contribution in [0, 0.1) is 5.92 Å². The summed E-state index contributed by atoms with van der Waals surface area (Å²) in [5.41, 5.74) is 2.30.